The third-order valence-electron chi connectivity index (χ3n) is 3.72. The van der Waals surface area contributed by atoms with E-state index in [0.717, 1.165) is 19.4 Å². The van der Waals surface area contributed by atoms with Crippen LogP contribution in [-0.4, -0.2) is 22.3 Å². The number of carbonyl (C=O) groups is 1. The number of carbonyl (C=O) groups excluding carboxylic acids is 1. The average Bonchev–Trinajstić information content (AvgIpc) is 2.60. The molecule has 1 aliphatic rings. The molecule has 1 aromatic rings. The van der Waals surface area contributed by atoms with E-state index in [1.165, 1.54) is 11.1 Å². The molecule has 2 N–H and O–H groups in total. The summed E-state index contributed by atoms with van der Waals surface area (Å²) in [6.07, 6.45) is 2.70. The van der Waals surface area contributed by atoms with Gasteiger partial charge in [0.2, 0.25) is 5.91 Å². The van der Waals surface area contributed by atoms with Crippen molar-refractivity contribution >= 4 is 23.1 Å². The van der Waals surface area contributed by atoms with E-state index < -0.39 is 0 Å². The molecule has 19 heavy (non-hydrogen) atoms. The van der Waals surface area contributed by atoms with Crippen molar-refractivity contribution in [2.24, 2.45) is 11.7 Å². The summed E-state index contributed by atoms with van der Waals surface area (Å²) >= 11 is 5.00. The molecule has 0 radical (unpaired) electrons. The van der Waals surface area contributed by atoms with Gasteiger partial charge in [0.1, 0.15) is 0 Å². The second kappa shape index (κ2) is 6.15. The number of benzene rings is 1. The summed E-state index contributed by atoms with van der Waals surface area (Å²) in [7, 11) is 0. The van der Waals surface area contributed by atoms with E-state index in [1.54, 1.807) is 0 Å². The molecule has 4 heteroatoms. The van der Waals surface area contributed by atoms with E-state index in [9.17, 15) is 4.79 Å². The third kappa shape index (κ3) is 3.13. The van der Waals surface area contributed by atoms with Gasteiger partial charge in [-0.3, -0.25) is 4.79 Å². The zero-order chi connectivity index (χ0) is 13.8. The fourth-order valence-electron chi connectivity index (χ4n) is 2.61. The standard InChI is InChI=1S/C15H20N2OS/c1-2-13(14(16)19)15(18)17-9-5-8-11-6-3-4-7-12(11)10-17/h3-4,6-7,13H,2,5,8-10H2,1H3,(H2,16,19). The van der Waals surface area contributed by atoms with Crippen molar-refractivity contribution in [2.45, 2.75) is 32.7 Å². The van der Waals surface area contributed by atoms with Gasteiger partial charge in [0, 0.05) is 13.1 Å². The Balaban J connectivity index is 2.18. The van der Waals surface area contributed by atoms with Crippen LogP contribution in [0, 0.1) is 5.92 Å². The number of thiocarbonyl (C=S) groups is 1. The molecule has 102 valence electrons. The number of fused-ring (bicyclic) bond motifs is 1. The molecule has 0 fully saturated rings. The molecule has 1 unspecified atom stereocenters. The largest absolute Gasteiger partial charge is 0.393 e. The van der Waals surface area contributed by atoms with Crippen LogP contribution < -0.4 is 5.73 Å². The van der Waals surface area contributed by atoms with E-state index in [0.29, 0.717) is 18.0 Å². The second-order valence-electron chi connectivity index (χ2n) is 5.00. The summed E-state index contributed by atoms with van der Waals surface area (Å²) in [5.74, 6) is -0.244. The van der Waals surface area contributed by atoms with Crippen molar-refractivity contribution in [1.82, 2.24) is 4.90 Å². The fourth-order valence-corrected chi connectivity index (χ4v) is 2.87. The fraction of sp³-hybridized carbons (Fsp3) is 0.467. The lowest BCUT2D eigenvalue weighted by Crippen LogP contribution is -2.40. The molecule has 1 aliphatic heterocycles. The lowest BCUT2D eigenvalue weighted by Gasteiger charge is -2.25. The molecule has 0 spiro atoms. The first-order valence-corrected chi connectivity index (χ1v) is 7.19. The van der Waals surface area contributed by atoms with Crippen molar-refractivity contribution in [3.63, 3.8) is 0 Å². The summed E-state index contributed by atoms with van der Waals surface area (Å²) in [4.78, 5) is 14.7. The van der Waals surface area contributed by atoms with Crippen LogP contribution in [0.15, 0.2) is 24.3 Å². The molecule has 0 aromatic heterocycles. The van der Waals surface area contributed by atoms with Crippen LogP contribution in [0.2, 0.25) is 0 Å². The Kier molecular flexibility index (Phi) is 4.53. The molecular formula is C15H20N2OS. The Labute approximate surface area is 119 Å². The van der Waals surface area contributed by atoms with Crippen LogP contribution in [0.5, 0.6) is 0 Å². The van der Waals surface area contributed by atoms with Gasteiger partial charge < -0.3 is 10.6 Å². The average molecular weight is 276 g/mol. The highest BCUT2D eigenvalue weighted by atomic mass is 32.1. The molecular weight excluding hydrogens is 256 g/mol. The zero-order valence-corrected chi connectivity index (χ0v) is 12.1. The number of amides is 1. The number of nitrogens with two attached hydrogens (primary N) is 1. The number of nitrogens with zero attached hydrogens (tertiary/aromatic N) is 1. The van der Waals surface area contributed by atoms with E-state index in [4.69, 9.17) is 18.0 Å². The van der Waals surface area contributed by atoms with E-state index >= 15 is 0 Å². The van der Waals surface area contributed by atoms with Gasteiger partial charge in [0.15, 0.2) is 0 Å². The molecule has 1 atom stereocenters. The first-order valence-electron chi connectivity index (χ1n) is 6.78. The van der Waals surface area contributed by atoms with Crippen molar-refractivity contribution < 1.29 is 4.79 Å². The Hall–Kier alpha value is -1.42. The number of hydrogen-bond acceptors (Lipinski definition) is 2. The maximum absolute atomic E-state index is 12.5. The number of aryl methyl sites for hydroxylation is 1. The summed E-state index contributed by atoms with van der Waals surface area (Å²) in [6.45, 7) is 3.41. The summed E-state index contributed by atoms with van der Waals surface area (Å²) in [6, 6.07) is 8.33. The quantitative estimate of drug-likeness (QED) is 0.862. The van der Waals surface area contributed by atoms with Crippen LogP contribution in [0.25, 0.3) is 0 Å². The molecule has 2 rings (SSSR count). The molecule has 3 nitrogen and oxygen atoms in total. The van der Waals surface area contributed by atoms with Crippen LogP contribution in [0.4, 0.5) is 0 Å². The molecule has 0 bridgehead atoms. The SMILES string of the molecule is CCC(C(=O)N1CCCc2ccccc2C1)C(N)=S. The Morgan fingerprint density at radius 2 is 2.11 bits per heavy atom. The van der Waals surface area contributed by atoms with E-state index in [2.05, 4.69) is 18.2 Å². The topological polar surface area (TPSA) is 46.3 Å². The first kappa shape index (κ1) is 14.0. The molecule has 0 aliphatic carbocycles. The molecule has 1 heterocycles. The van der Waals surface area contributed by atoms with Gasteiger partial charge in [-0.2, -0.15) is 0 Å². The minimum atomic E-state index is -0.319. The second-order valence-corrected chi connectivity index (χ2v) is 5.47. The highest BCUT2D eigenvalue weighted by molar-refractivity contribution is 7.80. The highest BCUT2D eigenvalue weighted by Gasteiger charge is 2.26. The van der Waals surface area contributed by atoms with Gasteiger partial charge in [-0.1, -0.05) is 43.4 Å². The highest BCUT2D eigenvalue weighted by Crippen LogP contribution is 2.20. The third-order valence-corrected chi connectivity index (χ3v) is 4.00. The molecule has 0 saturated heterocycles. The van der Waals surface area contributed by atoms with E-state index in [1.807, 2.05) is 17.9 Å². The zero-order valence-electron chi connectivity index (χ0n) is 11.3. The monoisotopic (exact) mass is 276 g/mol. The van der Waals surface area contributed by atoms with Gasteiger partial charge in [-0.25, -0.2) is 0 Å². The first-order chi connectivity index (χ1) is 9.13. The van der Waals surface area contributed by atoms with Gasteiger partial charge >= 0.3 is 0 Å². The van der Waals surface area contributed by atoms with Crippen molar-refractivity contribution in [3.05, 3.63) is 35.4 Å². The Bertz CT molecular complexity index is 487. The molecule has 1 amide bonds. The maximum Gasteiger partial charge on any atom is 0.232 e. The summed E-state index contributed by atoms with van der Waals surface area (Å²) in [5, 5.41) is 0. The minimum Gasteiger partial charge on any atom is -0.393 e. The maximum atomic E-state index is 12.5. The van der Waals surface area contributed by atoms with Crippen molar-refractivity contribution in [3.8, 4) is 0 Å². The normalized spacial score (nSPS) is 16.4. The number of rotatable bonds is 3. The van der Waals surface area contributed by atoms with Crippen molar-refractivity contribution in [1.29, 1.82) is 0 Å². The predicted molar refractivity (Wildman–Crippen MR) is 80.7 cm³/mol. The molecule has 1 aromatic carbocycles. The van der Waals surface area contributed by atoms with Crippen molar-refractivity contribution in [2.75, 3.05) is 6.54 Å². The lowest BCUT2D eigenvalue weighted by atomic mass is 10.0. The Morgan fingerprint density at radius 3 is 2.74 bits per heavy atom. The van der Waals surface area contributed by atoms with Crippen LogP contribution in [0.3, 0.4) is 0 Å². The Morgan fingerprint density at radius 1 is 1.42 bits per heavy atom. The smallest absolute Gasteiger partial charge is 0.232 e. The minimum absolute atomic E-state index is 0.0757. The molecule has 0 saturated carbocycles. The lowest BCUT2D eigenvalue weighted by molar-refractivity contribution is -0.134. The van der Waals surface area contributed by atoms with Crippen LogP contribution >= 0.6 is 12.2 Å². The predicted octanol–water partition coefficient (Wildman–Crippen LogP) is 2.27. The summed E-state index contributed by atoms with van der Waals surface area (Å²) in [5.41, 5.74) is 8.26. The number of hydrogen-bond donors (Lipinski definition) is 1. The summed E-state index contributed by atoms with van der Waals surface area (Å²) < 4.78 is 0. The van der Waals surface area contributed by atoms with Gasteiger partial charge in [-0.15, -0.1) is 0 Å². The van der Waals surface area contributed by atoms with E-state index in [-0.39, 0.29) is 11.8 Å². The van der Waals surface area contributed by atoms with Gasteiger partial charge in [0.05, 0.1) is 10.9 Å². The van der Waals surface area contributed by atoms with Gasteiger partial charge in [-0.05, 0) is 30.4 Å². The van der Waals surface area contributed by atoms with Gasteiger partial charge in [0.25, 0.3) is 0 Å². The van der Waals surface area contributed by atoms with Crippen LogP contribution in [-0.2, 0) is 17.8 Å². The van der Waals surface area contributed by atoms with Crippen LogP contribution in [0.1, 0.15) is 30.9 Å².